The van der Waals surface area contributed by atoms with Gasteiger partial charge in [0.1, 0.15) is 58.2 Å². The van der Waals surface area contributed by atoms with E-state index in [0.717, 1.165) is 71.2 Å². The predicted octanol–water partition coefficient (Wildman–Crippen LogP) is -8.78. The third-order valence-electron chi connectivity index (χ3n) is 13.5. The Kier molecular flexibility index (Phi) is 35.2. The fourth-order valence-corrected chi connectivity index (χ4v) is 12.6. The van der Waals surface area contributed by atoms with Gasteiger partial charge in [-0.1, -0.05) is 67.7 Å². The summed E-state index contributed by atoms with van der Waals surface area (Å²) in [6.07, 6.45) is 0. The summed E-state index contributed by atoms with van der Waals surface area (Å²) < 4.78 is 117. The molecular formula is C60H42Li4N16Na2O18S6. The summed E-state index contributed by atoms with van der Waals surface area (Å²) in [5.74, 6) is -3.57. The van der Waals surface area contributed by atoms with Crippen LogP contribution in [-0.4, -0.2) is 88.4 Å². The van der Waals surface area contributed by atoms with Crippen LogP contribution in [0.5, 0.6) is 0 Å². The Balaban J connectivity index is 0.000000557. The standard InChI is InChI=1S/C34H23N9O12S5.C26H25N7O6S.4Li.2Na/c1-18-27(17-36)32(37-21-7-11-24(12-8-21)58(45,46)47)39-33(38-20-5-9-23(10-6-20)57-55-54-44)31(18)42-43-34-19(16-35)13-30(56-34)41-40-22-14-26-25(29(15-22)60(51,52)53)3-2-4-28(26)59(48,49)50;1-5-39-24(38)14-8-6-13(7-9-14)21-29-31-25(40-21)30-28-18-19(26(2,3)4)32-33(20(18)27)17-11-15(22(34)35)10-16(12-17)23(36)37;;;;;;/h2-15,44H,1H3,(H2,37,38,39)(H,45,46,47)(H,48,49,50)(H,51,52,53);6-12H,5,27H2,1-4H3,(H,34,35)(H,36,37);;;;;;/q;;6*+1/p-6. The van der Waals surface area contributed by atoms with Gasteiger partial charge in [-0.25, -0.2) is 39.7 Å². The molecule has 0 aliphatic heterocycles. The van der Waals surface area contributed by atoms with Crippen molar-refractivity contribution in [3.63, 3.8) is 0 Å². The molecule has 0 radical (unpaired) electrons. The molecular weight excluding hydrogens is 1500 g/mol. The molecule has 512 valence electrons. The van der Waals surface area contributed by atoms with Crippen LogP contribution < -0.4 is 166 Å². The third-order valence-corrected chi connectivity index (χ3v) is 18.5. The van der Waals surface area contributed by atoms with E-state index >= 15 is 0 Å². The van der Waals surface area contributed by atoms with Crippen molar-refractivity contribution >= 4 is 155 Å². The van der Waals surface area contributed by atoms with E-state index in [1.807, 2.05) is 32.9 Å². The summed E-state index contributed by atoms with van der Waals surface area (Å²) >= 11 is 2.58. The molecule has 4 N–H and O–H groups in total. The number of carbonyl (C=O) groups excluding carboxylic acids is 3. The van der Waals surface area contributed by atoms with Crippen molar-refractivity contribution in [2.24, 2.45) is 30.7 Å². The fourth-order valence-electron chi connectivity index (χ4n) is 8.94. The SMILES string of the molecule is CCOC(=O)c1ccc(-c2nnc(N=Nc3c(C(C)(C)C)nn(-c4cc(C(=O)[O-])cc(C(=O)[O-])c4)c3N)s2)cc1.Cc1c(C#N)c(Nc2ccc(S(=O)(=O)[O-])cc2)nc(Nc2ccc(SOO[O-])cc2)c1N=Nc1sc(N=Nc2cc(S(=O)(=O)[O-])c3cccc(S(=O)(=O)[O-])c3c2)cc1C#N.[Li+].[Li+].[Li+].[Li+].[Na+].[Na+]. The quantitative estimate of drug-likeness (QED) is 0.0108. The number of hydrogen-bond acceptors (Lipinski definition) is 36. The number of thiophene rings is 1. The summed E-state index contributed by atoms with van der Waals surface area (Å²) in [4.78, 5) is 37.7. The van der Waals surface area contributed by atoms with E-state index in [4.69, 9.17) is 10.5 Å². The molecule has 46 heteroatoms. The van der Waals surface area contributed by atoms with Crippen molar-refractivity contribution in [1.82, 2.24) is 25.0 Å². The molecule has 106 heavy (non-hydrogen) atoms. The Hall–Kier alpha value is -6.86. The van der Waals surface area contributed by atoms with Crippen LogP contribution in [0.2, 0.25) is 0 Å². The average molecular weight is 1540 g/mol. The molecule has 0 saturated heterocycles. The van der Waals surface area contributed by atoms with Gasteiger partial charge in [0.25, 0.3) is 5.13 Å². The first kappa shape index (κ1) is 93.3. The number of nitriles is 2. The minimum absolute atomic E-state index is 0. The average Bonchev–Trinajstić information content (AvgIpc) is 1.25. The second kappa shape index (κ2) is 40.0. The van der Waals surface area contributed by atoms with Gasteiger partial charge in [0.2, 0.25) is 0 Å². The second-order valence-corrected chi connectivity index (χ2v) is 28.1. The Bertz CT molecular complexity index is 5420. The molecule has 10 rings (SSSR count). The minimum Gasteiger partial charge on any atom is -0.744 e. The number of nitrogen functional groups attached to an aromatic ring is 1. The number of esters is 1. The number of hydrogen-bond donors (Lipinski definition) is 3. The molecule has 0 spiro atoms. The number of nitrogens with zero attached hydrogens (tertiary/aromatic N) is 13. The van der Waals surface area contributed by atoms with Gasteiger partial charge in [0, 0.05) is 43.6 Å². The Morgan fingerprint density at radius 3 is 1.81 bits per heavy atom. The number of carbonyl (C=O) groups is 3. The molecule has 0 unspecified atom stereocenters. The van der Waals surface area contributed by atoms with Crippen molar-refractivity contribution in [1.29, 1.82) is 10.5 Å². The number of fused-ring (bicyclic) bond motifs is 1. The van der Waals surface area contributed by atoms with Crippen LogP contribution in [-0.2, 0) is 49.9 Å². The number of ether oxygens (including phenoxy) is 1. The number of anilines is 5. The molecule has 0 fully saturated rings. The van der Waals surface area contributed by atoms with Crippen LogP contribution in [0.15, 0.2) is 178 Å². The van der Waals surface area contributed by atoms with E-state index in [1.165, 1.54) is 41.9 Å². The first-order valence-corrected chi connectivity index (χ1v) is 34.5. The summed E-state index contributed by atoms with van der Waals surface area (Å²) in [7, 11) is -15.1. The van der Waals surface area contributed by atoms with E-state index < -0.39 is 68.4 Å². The van der Waals surface area contributed by atoms with Gasteiger partial charge in [-0.2, -0.15) is 20.0 Å². The minimum atomic E-state index is -5.20. The number of aromatic carboxylic acids is 2. The van der Waals surface area contributed by atoms with Gasteiger partial charge >= 0.3 is 141 Å². The summed E-state index contributed by atoms with van der Waals surface area (Å²) in [5, 5.41) is 100. The van der Waals surface area contributed by atoms with Crippen molar-refractivity contribution < 1.29 is 217 Å². The summed E-state index contributed by atoms with van der Waals surface area (Å²) in [5.41, 5.74) is 7.32. The van der Waals surface area contributed by atoms with Crippen molar-refractivity contribution in [3.05, 3.63) is 166 Å². The number of carboxylic acid groups (broad SMARTS) is 2. The summed E-state index contributed by atoms with van der Waals surface area (Å²) in [6.45, 7) is 9.13. The maximum absolute atomic E-state index is 12.1. The molecule has 0 aliphatic carbocycles. The van der Waals surface area contributed by atoms with Crippen LogP contribution in [0.1, 0.15) is 81.2 Å². The van der Waals surface area contributed by atoms with Crippen LogP contribution in [0.25, 0.3) is 27.0 Å². The summed E-state index contributed by atoms with van der Waals surface area (Å²) in [6, 6.07) is 31.3. The van der Waals surface area contributed by atoms with Crippen molar-refractivity contribution in [2.45, 2.75) is 59.6 Å². The van der Waals surface area contributed by atoms with Crippen molar-refractivity contribution in [2.75, 3.05) is 23.0 Å². The van der Waals surface area contributed by atoms with Crippen LogP contribution in [0.3, 0.4) is 0 Å². The maximum Gasteiger partial charge on any atom is 1.00 e. The number of azo groups is 3. The smallest absolute Gasteiger partial charge is 0.744 e. The first-order chi connectivity index (χ1) is 47.3. The predicted molar refractivity (Wildman–Crippen MR) is 347 cm³/mol. The number of pyridine rings is 1. The number of carboxylic acids is 2. The van der Waals surface area contributed by atoms with Gasteiger partial charge in [-0.3, -0.25) is 5.04 Å². The number of nitrogens with one attached hydrogen (secondary N) is 2. The number of aromatic nitrogens is 5. The largest absolute Gasteiger partial charge is 1.00 e. The Morgan fingerprint density at radius 2 is 1.26 bits per heavy atom. The van der Waals surface area contributed by atoms with Crippen LogP contribution >= 0.6 is 34.7 Å². The molecule has 0 saturated carbocycles. The van der Waals surface area contributed by atoms with Crippen LogP contribution in [0, 0.1) is 29.6 Å². The third kappa shape index (κ3) is 23.3. The molecule has 0 amide bonds. The van der Waals surface area contributed by atoms with Gasteiger partial charge in [-0.05, 0) is 128 Å². The Morgan fingerprint density at radius 1 is 0.670 bits per heavy atom. The van der Waals surface area contributed by atoms with E-state index in [9.17, 15) is 79.3 Å². The zero-order valence-corrected chi connectivity index (χ0v) is 66.4. The zero-order chi connectivity index (χ0) is 72.6. The van der Waals surface area contributed by atoms with Gasteiger partial charge in [0.15, 0.2) is 28.1 Å². The number of rotatable bonds is 22. The fraction of sp³-hybridized carbons (Fsp3) is 0.117. The molecule has 4 aromatic heterocycles. The first-order valence-electron chi connectivity index (χ1n) is 27.9. The molecule has 6 aromatic carbocycles. The van der Waals surface area contributed by atoms with E-state index in [0.29, 0.717) is 44.5 Å². The topological polar surface area (TPSA) is 548 Å². The molecule has 0 aliphatic rings. The van der Waals surface area contributed by atoms with Crippen molar-refractivity contribution in [3.8, 4) is 28.4 Å². The maximum atomic E-state index is 12.1. The molecule has 34 nitrogen and oxygen atoms in total. The Labute approximate surface area is 707 Å². The van der Waals surface area contributed by atoms with Crippen LogP contribution in [0.4, 0.5) is 61.0 Å². The van der Waals surface area contributed by atoms with E-state index in [2.05, 4.69) is 71.0 Å². The normalized spacial score (nSPS) is 11.3. The number of nitrogens with two attached hydrogens (primary N) is 1. The van der Waals surface area contributed by atoms with E-state index in [-0.39, 0.29) is 241 Å². The molecule has 10 aromatic rings. The van der Waals surface area contributed by atoms with Gasteiger partial charge in [-0.15, -0.1) is 40.9 Å². The monoisotopic (exact) mass is 1540 g/mol. The van der Waals surface area contributed by atoms with E-state index in [1.54, 1.807) is 55.5 Å². The second-order valence-electron chi connectivity index (χ2n) is 21.2. The van der Waals surface area contributed by atoms with Gasteiger partial charge < -0.3 is 59.8 Å². The number of benzene rings is 6. The van der Waals surface area contributed by atoms with Gasteiger partial charge in [0.05, 0.1) is 79.0 Å². The molecule has 4 heterocycles. The molecule has 0 atom stereocenters. The molecule has 0 bridgehead atoms. The zero-order valence-electron chi connectivity index (χ0n) is 57.5.